The summed E-state index contributed by atoms with van der Waals surface area (Å²) in [6.07, 6.45) is -0.518. The highest BCUT2D eigenvalue weighted by Gasteiger charge is 2.40. The van der Waals surface area contributed by atoms with Gasteiger partial charge >= 0.3 is 0 Å². The van der Waals surface area contributed by atoms with Crippen molar-refractivity contribution in [2.45, 2.75) is 30.5 Å². The third-order valence-corrected chi connectivity index (χ3v) is 7.46. The first-order valence-corrected chi connectivity index (χ1v) is 11.4. The van der Waals surface area contributed by atoms with Crippen LogP contribution in [0.15, 0.2) is 82.2 Å². The number of hydrogen-bond donors (Lipinski definition) is 0. The molecule has 0 N–H and O–H groups in total. The number of benzene rings is 3. The van der Waals surface area contributed by atoms with Gasteiger partial charge in [0.2, 0.25) is 10.0 Å². The smallest absolute Gasteiger partial charge is 0.247 e. The summed E-state index contributed by atoms with van der Waals surface area (Å²) in [5, 5.41) is 0. The van der Waals surface area contributed by atoms with Gasteiger partial charge in [-0.15, -0.1) is 0 Å². The summed E-state index contributed by atoms with van der Waals surface area (Å²) in [4.78, 5) is 0.0994. The molecule has 0 fully saturated rings. The van der Waals surface area contributed by atoms with Gasteiger partial charge in [0.15, 0.2) is 0 Å². The van der Waals surface area contributed by atoms with Crippen LogP contribution in [0.5, 0.6) is 5.75 Å². The Kier molecular flexibility index (Phi) is 5.46. The zero-order chi connectivity index (χ0) is 20.6. The van der Waals surface area contributed by atoms with Gasteiger partial charge in [0.1, 0.15) is 22.6 Å². The van der Waals surface area contributed by atoms with E-state index in [1.165, 1.54) is 22.5 Å². The second-order valence-electron chi connectivity index (χ2n) is 6.96. The number of ether oxygens (including phenoxy) is 1. The molecule has 0 aliphatic carbocycles. The Labute approximate surface area is 178 Å². The molecule has 1 heterocycles. The molecule has 1 aliphatic rings. The summed E-state index contributed by atoms with van der Waals surface area (Å²) in [5.74, 6) is -0.107. The lowest BCUT2D eigenvalue weighted by Gasteiger charge is -2.30. The van der Waals surface area contributed by atoms with Crippen LogP contribution >= 0.6 is 15.9 Å². The average molecular weight is 476 g/mol. The molecule has 0 radical (unpaired) electrons. The van der Waals surface area contributed by atoms with Crippen LogP contribution in [0.4, 0.5) is 4.39 Å². The average Bonchev–Trinajstić information content (AvgIpc) is 2.77. The van der Waals surface area contributed by atoms with Crippen molar-refractivity contribution in [3.05, 3.63) is 94.2 Å². The predicted molar refractivity (Wildman–Crippen MR) is 113 cm³/mol. The fraction of sp³-hybridized carbons (Fsp3) is 0.182. The molecule has 3 aromatic carbocycles. The largest absolute Gasteiger partial charge is 0.483 e. The van der Waals surface area contributed by atoms with E-state index in [0.717, 1.165) is 10.0 Å². The van der Waals surface area contributed by atoms with Crippen molar-refractivity contribution in [1.29, 1.82) is 0 Å². The van der Waals surface area contributed by atoms with Crippen molar-refractivity contribution in [3.8, 4) is 5.75 Å². The fourth-order valence-electron chi connectivity index (χ4n) is 3.55. The van der Waals surface area contributed by atoms with E-state index in [2.05, 4.69) is 15.9 Å². The van der Waals surface area contributed by atoms with Crippen molar-refractivity contribution in [3.63, 3.8) is 0 Å². The van der Waals surface area contributed by atoms with Gasteiger partial charge in [-0.2, -0.15) is 4.31 Å². The second-order valence-corrected chi connectivity index (χ2v) is 9.74. The molecule has 3 aromatic rings. The van der Waals surface area contributed by atoms with Crippen LogP contribution in [0, 0.1) is 5.82 Å². The van der Waals surface area contributed by atoms with Crippen molar-refractivity contribution < 1.29 is 17.5 Å². The zero-order valence-corrected chi connectivity index (χ0v) is 18.0. The first kappa shape index (κ1) is 20.1. The lowest BCUT2D eigenvalue weighted by Crippen LogP contribution is -2.41. The highest BCUT2D eigenvalue weighted by molar-refractivity contribution is 9.10. The molecule has 0 spiro atoms. The van der Waals surface area contributed by atoms with Crippen LogP contribution in [0.1, 0.15) is 24.2 Å². The summed E-state index contributed by atoms with van der Waals surface area (Å²) >= 11 is 3.39. The Hall–Kier alpha value is -2.22. The molecular weight excluding hydrogens is 457 g/mol. The van der Waals surface area contributed by atoms with Crippen LogP contribution in [0.2, 0.25) is 0 Å². The number of sulfonamides is 1. The van der Waals surface area contributed by atoms with Gasteiger partial charge in [-0.25, -0.2) is 12.8 Å². The number of hydrogen-bond acceptors (Lipinski definition) is 3. The lowest BCUT2D eigenvalue weighted by atomic mass is 10.0. The minimum Gasteiger partial charge on any atom is -0.483 e. The standard InChI is InChI=1S/C22H19BrFNO3S/c1-15-22(17-7-3-2-4-8-17)28-20-13-18(23)10-11-21(20)29(26,27)25(15)14-16-6-5-9-19(24)12-16/h2-13,15,22H,14H2,1H3/t15-,22+/m0/s1. The number of halogens is 2. The highest BCUT2D eigenvalue weighted by Crippen LogP contribution is 2.40. The predicted octanol–water partition coefficient (Wildman–Crippen LogP) is 5.30. The summed E-state index contributed by atoms with van der Waals surface area (Å²) in [6, 6.07) is 19.9. The lowest BCUT2D eigenvalue weighted by molar-refractivity contribution is 0.124. The van der Waals surface area contributed by atoms with Crippen LogP contribution in [0.25, 0.3) is 0 Å². The van der Waals surface area contributed by atoms with Crippen LogP contribution in [-0.4, -0.2) is 18.8 Å². The minimum absolute atomic E-state index is 0.0451. The third kappa shape index (κ3) is 3.95. The van der Waals surface area contributed by atoms with E-state index in [1.807, 2.05) is 37.3 Å². The molecule has 4 rings (SSSR count). The molecular formula is C22H19BrFNO3S. The maximum Gasteiger partial charge on any atom is 0.247 e. The summed E-state index contributed by atoms with van der Waals surface area (Å²) < 4.78 is 49.2. The number of fused-ring (bicyclic) bond motifs is 1. The molecule has 7 heteroatoms. The van der Waals surface area contributed by atoms with Crippen molar-refractivity contribution >= 4 is 26.0 Å². The van der Waals surface area contributed by atoms with E-state index < -0.39 is 28.0 Å². The molecule has 150 valence electrons. The maximum absolute atomic E-state index is 13.7. The topological polar surface area (TPSA) is 46.6 Å². The molecule has 0 unspecified atom stereocenters. The van der Waals surface area contributed by atoms with E-state index in [9.17, 15) is 12.8 Å². The van der Waals surface area contributed by atoms with Crippen molar-refractivity contribution in [2.24, 2.45) is 0 Å². The van der Waals surface area contributed by atoms with E-state index in [4.69, 9.17) is 4.74 Å². The van der Waals surface area contributed by atoms with Gasteiger partial charge < -0.3 is 4.74 Å². The Bertz CT molecular complexity index is 1140. The molecule has 29 heavy (non-hydrogen) atoms. The van der Waals surface area contributed by atoms with E-state index in [0.29, 0.717) is 11.3 Å². The third-order valence-electron chi connectivity index (χ3n) is 4.99. The van der Waals surface area contributed by atoms with Crippen LogP contribution in [-0.2, 0) is 16.6 Å². The minimum atomic E-state index is -3.87. The molecule has 1 aliphatic heterocycles. The summed E-state index contributed by atoms with van der Waals surface area (Å²) in [7, 11) is -3.87. The summed E-state index contributed by atoms with van der Waals surface area (Å²) in [5.41, 5.74) is 1.44. The first-order valence-electron chi connectivity index (χ1n) is 9.14. The quantitative estimate of drug-likeness (QED) is 0.516. The molecule has 0 saturated carbocycles. The molecule has 0 bridgehead atoms. The molecule has 4 nitrogen and oxygen atoms in total. The zero-order valence-electron chi connectivity index (χ0n) is 15.6. The van der Waals surface area contributed by atoms with Gasteiger partial charge in [0.05, 0.1) is 6.04 Å². The van der Waals surface area contributed by atoms with Crippen LogP contribution in [0.3, 0.4) is 0 Å². The monoisotopic (exact) mass is 475 g/mol. The molecule has 2 atom stereocenters. The molecule has 0 aromatic heterocycles. The maximum atomic E-state index is 13.7. The van der Waals surface area contributed by atoms with Crippen LogP contribution < -0.4 is 4.74 Å². The number of nitrogens with zero attached hydrogens (tertiary/aromatic N) is 1. The van der Waals surface area contributed by atoms with Gasteiger partial charge in [0.25, 0.3) is 0 Å². The Morgan fingerprint density at radius 2 is 1.79 bits per heavy atom. The SMILES string of the molecule is C[C@H]1[C@H](c2ccccc2)Oc2cc(Br)ccc2S(=O)(=O)N1Cc1cccc(F)c1. The van der Waals surface area contributed by atoms with Crippen molar-refractivity contribution in [2.75, 3.05) is 0 Å². The normalized spacial score (nSPS) is 21.1. The Morgan fingerprint density at radius 1 is 1.03 bits per heavy atom. The molecule has 0 saturated heterocycles. The van der Waals surface area contributed by atoms with Gasteiger partial charge in [0, 0.05) is 11.0 Å². The summed E-state index contributed by atoms with van der Waals surface area (Å²) in [6.45, 7) is 1.86. The van der Waals surface area contributed by atoms with E-state index in [-0.39, 0.29) is 11.4 Å². The highest BCUT2D eigenvalue weighted by atomic mass is 79.9. The van der Waals surface area contributed by atoms with Gasteiger partial charge in [-0.1, -0.05) is 58.4 Å². The second kappa shape index (κ2) is 7.89. The van der Waals surface area contributed by atoms with Crippen molar-refractivity contribution in [1.82, 2.24) is 4.31 Å². The Balaban J connectivity index is 1.86. The van der Waals surface area contributed by atoms with E-state index >= 15 is 0 Å². The van der Waals surface area contributed by atoms with Gasteiger partial charge in [-0.3, -0.25) is 0 Å². The first-order chi connectivity index (χ1) is 13.9. The van der Waals surface area contributed by atoms with Gasteiger partial charge in [-0.05, 0) is 48.4 Å². The fourth-order valence-corrected chi connectivity index (χ4v) is 5.61. The Morgan fingerprint density at radius 3 is 2.52 bits per heavy atom. The number of rotatable bonds is 3. The van der Waals surface area contributed by atoms with E-state index in [1.54, 1.807) is 24.3 Å². The molecule has 0 amide bonds.